The predicted octanol–water partition coefficient (Wildman–Crippen LogP) is -1.13. The normalized spacial score (nSPS) is 31.2. The van der Waals surface area contributed by atoms with Gasteiger partial charge in [0.25, 0.3) is 0 Å². The van der Waals surface area contributed by atoms with Crippen LogP contribution in [-0.2, 0) is 14.2 Å². The van der Waals surface area contributed by atoms with E-state index in [4.69, 9.17) is 28.1 Å². The summed E-state index contributed by atoms with van der Waals surface area (Å²) in [5, 5.41) is 82.8. The molecule has 9 atom stereocenters. The van der Waals surface area contributed by atoms with Crippen molar-refractivity contribution in [3.63, 3.8) is 0 Å². The molecule has 3 heterocycles. The number of benzene rings is 2. The Morgan fingerprint density at radius 2 is 1.58 bits per heavy atom. The van der Waals surface area contributed by atoms with E-state index in [1.54, 1.807) is 0 Å². The molecule has 0 amide bonds. The van der Waals surface area contributed by atoms with Gasteiger partial charge in [-0.1, -0.05) is 0 Å². The van der Waals surface area contributed by atoms with E-state index in [2.05, 4.69) is 0 Å². The average Bonchev–Trinajstić information content (AvgIpc) is 2.99. The van der Waals surface area contributed by atoms with Crippen LogP contribution in [0.25, 0.3) is 22.3 Å². The third kappa shape index (κ3) is 5.39. The van der Waals surface area contributed by atoms with Crippen LogP contribution >= 0.6 is 0 Å². The van der Waals surface area contributed by atoms with Crippen molar-refractivity contribution in [2.45, 2.75) is 55.1 Å². The minimum Gasteiger partial charge on any atom is -0.508 e. The number of ether oxygens (including phenoxy) is 5. The summed E-state index contributed by atoms with van der Waals surface area (Å²) < 4.78 is 34.2. The maximum atomic E-state index is 13.4. The quantitative estimate of drug-likeness (QED) is 0.158. The smallest absolute Gasteiger partial charge is 0.204 e. The van der Waals surface area contributed by atoms with E-state index in [-0.39, 0.29) is 39.5 Å². The van der Waals surface area contributed by atoms with E-state index in [1.165, 1.54) is 38.5 Å². The monoisotopic (exact) mass is 608 g/mol. The molecule has 2 aromatic carbocycles. The molecular weight excluding hydrogens is 576 g/mol. The molecule has 2 aliphatic heterocycles. The second-order valence-corrected chi connectivity index (χ2v) is 10.2. The molecule has 3 aromatic rings. The average molecular weight is 609 g/mol. The lowest BCUT2D eigenvalue weighted by atomic mass is 9.89. The molecule has 5 rings (SSSR count). The van der Waals surface area contributed by atoms with Gasteiger partial charge in [0.1, 0.15) is 65.7 Å². The Hall–Kier alpha value is -3.51. The van der Waals surface area contributed by atoms with Crippen molar-refractivity contribution in [1.82, 2.24) is 0 Å². The van der Waals surface area contributed by atoms with Gasteiger partial charge in [-0.05, 0) is 24.3 Å². The van der Waals surface area contributed by atoms with E-state index in [0.29, 0.717) is 5.56 Å². The van der Waals surface area contributed by atoms with Crippen molar-refractivity contribution in [2.75, 3.05) is 27.4 Å². The summed E-state index contributed by atoms with van der Waals surface area (Å²) in [6.07, 6.45) is -14.7. The van der Waals surface area contributed by atoms with Gasteiger partial charge in [0.05, 0.1) is 33.0 Å². The van der Waals surface area contributed by atoms with Gasteiger partial charge >= 0.3 is 0 Å². The second-order valence-electron chi connectivity index (χ2n) is 10.2. The summed E-state index contributed by atoms with van der Waals surface area (Å²) in [5.74, 6) is -1.22. The highest BCUT2D eigenvalue weighted by atomic mass is 16.7. The summed E-state index contributed by atoms with van der Waals surface area (Å²) in [7, 11) is 2.41. The van der Waals surface area contributed by atoms with Gasteiger partial charge in [0.2, 0.25) is 5.75 Å². The number of hydrogen-bond acceptors (Lipinski definition) is 15. The molecule has 2 aliphatic rings. The van der Waals surface area contributed by atoms with Crippen molar-refractivity contribution in [2.24, 2.45) is 0 Å². The first-order valence-corrected chi connectivity index (χ1v) is 13.2. The Morgan fingerprint density at radius 1 is 0.907 bits per heavy atom. The van der Waals surface area contributed by atoms with Crippen LogP contribution in [0.4, 0.5) is 0 Å². The summed E-state index contributed by atoms with van der Waals surface area (Å²) in [6.45, 7) is -1.21. The van der Waals surface area contributed by atoms with Crippen molar-refractivity contribution in [1.29, 1.82) is 0 Å². The minimum atomic E-state index is -1.83. The minimum absolute atomic E-state index is 0.00100. The van der Waals surface area contributed by atoms with Crippen molar-refractivity contribution < 1.29 is 69.0 Å². The number of phenols is 2. The van der Waals surface area contributed by atoms with Crippen LogP contribution in [0.15, 0.2) is 39.5 Å². The molecule has 234 valence electrons. The lowest BCUT2D eigenvalue weighted by Gasteiger charge is -2.45. The van der Waals surface area contributed by atoms with Gasteiger partial charge in [-0.2, -0.15) is 0 Å². The van der Waals surface area contributed by atoms with Gasteiger partial charge in [0, 0.05) is 11.6 Å². The number of fused-ring (bicyclic) bond motifs is 1. The van der Waals surface area contributed by atoms with Crippen molar-refractivity contribution >= 4 is 11.0 Å². The Bertz CT molecular complexity index is 1510. The number of aliphatic hydroxyl groups excluding tert-OH is 6. The number of rotatable bonds is 7. The molecule has 0 saturated carbocycles. The number of methoxy groups -OCH3 is 2. The largest absolute Gasteiger partial charge is 0.508 e. The van der Waals surface area contributed by atoms with Crippen LogP contribution in [0.5, 0.6) is 23.0 Å². The molecule has 15 heteroatoms. The zero-order valence-electron chi connectivity index (χ0n) is 22.9. The maximum absolute atomic E-state index is 13.4. The van der Waals surface area contributed by atoms with Crippen LogP contribution in [0, 0.1) is 0 Å². The zero-order valence-corrected chi connectivity index (χ0v) is 22.9. The van der Waals surface area contributed by atoms with E-state index >= 15 is 0 Å². The first-order chi connectivity index (χ1) is 20.5. The van der Waals surface area contributed by atoms with Gasteiger partial charge in [-0.15, -0.1) is 0 Å². The summed E-state index contributed by atoms with van der Waals surface area (Å²) in [6, 6.07) is 6.79. The Kier molecular flexibility index (Phi) is 8.80. The van der Waals surface area contributed by atoms with Gasteiger partial charge < -0.3 is 69.0 Å². The lowest BCUT2D eigenvalue weighted by Crippen LogP contribution is -2.60. The summed E-state index contributed by atoms with van der Waals surface area (Å²) in [5.41, 5.74) is -0.806. The maximum Gasteiger partial charge on any atom is 0.204 e. The zero-order chi connectivity index (χ0) is 31.2. The first-order valence-electron chi connectivity index (χ1n) is 13.2. The van der Waals surface area contributed by atoms with E-state index < -0.39 is 79.5 Å². The Balaban J connectivity index is 1.75. The molecule has 2 saturated heterocycles. The number of aliphatic hydroxyl groups is 6. The molecule has 0 aliphatic carbocycles. The second kappa shape index (κ2) is 12.2. The number of aromatic hydroxyl groups is 2. The molecule has 1 aromatic heterocycles. The fourth-order valence-electron chi connectivity index (χ4n) is 5.30. The molecule has 8 N–H and O–H groups in total. The van der Waals surface area contributed by atoms with Crippen LogP contribution in [-0.4, -0.2) is 117 Å². The van der Waals surface area contributed by atoms with Crippen LogP contribution in [0.2, 0.25) is 0 Å². The molecule has 43 heavy (non-hydrogen) atoms. The van der Waals surface area contributed by atoms with Crippen LogP contribution < -0.4 is 14.9 Å². The van der Waals surface area contributed by atoms with Crippen LogP contribution in [0.3, 0.4) is 0 Å². The van der Waals surface area contributed by atoms with Crippen molar-refractivity contribution in [3.8, 4) is 34.3 Å². The highest BCUT2D eigenvalue weighted by Gasteiger charge is 2.51. The molecule has 0 radical (unpaired) electrons. The molecule has 2 fully saturated rings. The Labute approximate surface area is 243 Å². The highest BCUT2D eigenvalue weighted by molar-refractivity contribution is 5.93. The standard InChI is InChI=1S/C28H32O15/c1-38-24-17(23-16(20(35)26(24)39-2)12(31)7-14(41-23)10-3-5-11(30)6-4-10)25-27(21(36)19(34)15(8-29)42-25)43-28-22(37)18(33)13(32)9-40-28/h3-7,13,15,18-19,21-22,25,27-30,32-37H,8-9H2,1-2H3. The fraction of sp³-hybridized carbons (Fsp3) is 0.464. The van der Waals surface area contributed by atoms with Gasteiger partial charge in [0.15, 0.2) is 28.8 Å². The number of phenolic OH excluding ortho intramolecular Hbond substituents is 2. The molecule has 15 nitrogen and oxygen atoms in total. The lowest BCUT2D eigenvalue weighted by molar-refractivity contribution is -0.325. The predicted molar refractivity (Wildman–Crippen MR) is 144 cm³/mol. The van der Waals surface area contributed by atoms with Gasteiger partial charge in [-0.3, -0.25) is 4.79 Å². The third-order valence-corrected chi connectivity index (χ3v) is 7.55. The number of hydrogen-bond donors (Lipinski definition) is 8. The topological polar surface area (TPSA) is 238 Å². The molecular formula is C28H32O15. The summed E-state index contributed by atoms with van der Waals surface area (Å²) in [4.78, 5) is 13.4. The first kappa shape index (κ1) is 30.9. The SMILES string of the molecule is COc1c(OC)c(O)c2c(=O)cc(-c3ccc(O)cc3)oc2c1C1OC(CO)C(O)C(O)C1OC1OCC(O)C(O)C1O. The van der Waals surface area contributed by atoms with Crippen molar-refractivity contribution in [3.05, 3.63) is 46.1 Å². The van der Waals surface area contributed by atoms with Gasteiger partial charge in [-0.25, -0.2) is 0 Å². The highest BCUT2D eigenvalue weighted by Crippen LogP contribution is 2.51. The van der Waals surface area contributed by atoms with E-state index in [0.717, 1.165) is 6.07 Å². The Morgan fingerprint density at radius 3 is 2.21 bits per heavy atom. The fourth-order valence-corrected chi connectivity index (χ4v) is 5.30. The van der Waals surface area contributed by atoms with E-state index in [1.807, 2.05) is 0 Å². The molecule has 9 unspecified atom stereocenters. The van der Waals surface area contributed by atoms with E-state index in [9.17, 15) is 45.6 Å². The van der Waals surface area contributed by atoms with Crippen LogP contribution in [0.1, 0.15) is 11.7 Å². The summed E-state index contributed by atoms with van der Waals surface area (Å²) >= 11 is 0. The molecule has 0 bridgehead atoms. The third-order valence-electron chi connectivity index (χ3n) is 7.55. The molecule has 0 spiro atoms.